The van der Waals surface area contributed by atoms with Crippen LogP contribution >= 0.6 is 0 Å². The van der Waals surface area contributed by atoms with Gasteiger partial charge in [-0.05, 0) is 17.5 Å². The van der Waals surface area contributed by atoms with Crippen molar-refractivity contribution in [3.63, 3.8) is 0 Å². The maximum atomic E-state index is 3.54. The molecule has 1 aromatic carbocycles. The largest absolute Gasteiger partial charge is 0.351 e. The highest BCUT2D eigenvalue weighted by molar-refractivity contribution is 5.79. The summed E-state index contributed by atoms with van der Waals surface area (Å²) in [5, 5.41) is 4.36. The fraction of sp³-hybridized carbons (Fsp3) is 0.200. The summed E-state index contributed by atoms with van der Waals surface area (Å²) >= 11 is 0. The van der Waals surface area contributed by atoms with Crippen LogP contribution in [0.3, 0.4) is 0 Å². The van der Waals surface area contributed by atoms with Gasteiger partial charge in [0, 0.05) is 31.9 Å². The predicted molar refractivity (Wildman–Crippen MR) is 76.2 cm³/mol. The minimum atomic E-state index is 0.867. The molecule has 0 saturated heterocycles. The molecular weight excluding hydrogens is 208 g/mol. The van der Waals surface area contributed by atoms with Crippen LogP contribution in [0.15, 0.2) is 61.8 Å². The summed E-state index contributed by atoms with van der Waals surface area (Å²) in [5.41, 5.74) is 1.29. The van der Waals surface area contributed by atoms with Gasteiger partial charge in [-0.15, -0.1) is 13.2 Å². The third-order valence-corrected chi connectivity index (χ3v) is 2.37. The average Bonchev–Trinajstić information content (AvgIpc) is 2.74. The van der Waals surface area contributed by atoms with Crippen LogP contribution in [-0.4, -0.2) is 17.7 Å². The molecule has 0 saturated carbocycles. The van der Waals surface area contributed by atoms with E-state index in [0.29, 0.717) is 0 Å². The van der Waals surface area contributed by atoms with E-state index in [2.05, 4.69) is 66.6 Å². The fourth-order valence-corrected chi connectivity index (χ4v) is 1.51. The van der Waals surface area contributed by atoms with E-state index < -0.39 is 0 Å². The quantitative estimate of drug-likeness (QED) is 0.628. The fourth-order valence-electron chi connectivity index (χ4n) is 1.51. The third-order valence-electron chi connectivity index (χ3n) is 2.37. The molecule has 0 aliphatic rings. The summed E-state index contributed by atoms with van der Waals surface area (Å²) in [5.74, 6) is 0. The van der Waals surface area contributed by atoms with E-state index in [1.807, 2.05) is 12.2 Å². The van der Waals surface area contributed by atoms with Gasteiger partial charge in [-0.2, -0.15) is 0 Å². The van der Waals surface area contributed by atoms with Crippen molar-refractivity contribution in [2.75, 3.05) is 13.1 Å². The smallest absolute Gasteiger partial charge is 0.0477 e. The number of benzene rings is 1. The molecular formula is C15H20N2. The van der Waals surface area contributed by atoms with Gasteiger partial charge in [-0.3, -0.25) is 0 Å². The number of nitrogens with zero attached hydrogens (tertiary/aromatic N) is 1. The predicted octanol–water partition coefficient (Wildman–Crippen LogP) is 3.13. The first-order chi connectivity index (χ1) is 8.29. The summed E-state index contributed by atoms with van der Waals surface area (Å²) in [4.78, 5) is 0. The van der Waals surface area contributed by atoms with Gasteiger partial charge in [0.2, 0.25) is 0 Å². The molecule has 0 spiro atoms. The Balaban J connectivity index is 0.000000185. The Hall–Kier alpha value is -1.80. The molecule has 90 valence electrons. The van der Waals surface area contributed by atoms with Gasteiger partial charge in [0.1, 0.15) is 0 Å². The number of para-hydroxylation sites is 1. The monoisotopic (exact) mass is 228 g/mol. The van der Waals surface area contributed by atoms with Crippen molar-refractivity contribution >= 4 is 10.9 Å². The zero-order valence-electron chi connectivity index (χ0n) is 10.4. The number of hydrogen-bond acceptors (Lipinski definition) is 1. The van der Waals surface area contributed by atoms with Crippen LogP contribution in [-0.2, 0) is 7.05 Å². The highest BCUT2D eigenvalue weighted by atomic mass is 14.9. The lowest BCUT2D eigenvalue weighted by Gasteiger charge is -1.92. The van der Waals surface area contributed by atoms with E-state index in [-0.39, 0.29) is 0 Å². The highest BCUT2D eigenvalue weighted by Crippen LogP contribution is 2.12. The summed E-state index contributed by atoms with van der Waals surface area (Å²) in [6.45, 7) is 8.81. The molecule has 17 heavy (non-hydrogen) atoms. The Morgan fingerprint density at radius 1 is 1.12 bits per heavy atom. The molecule has 0 aliphatic carbocycles. The van der Waals surface area contributed by atoms with Gasteiger partial charge in [0.05, 0.1) is 0 Å². The molecule has 0 fully saturated rings. The second-order valence-corrected chi connectivity index (χ2v) is 3.72. The molecule has 0 aliphatic heterocycles. The van der Waals surface area contributed by atoms with Gasteiger partial charge in [0.15, 0.2) is 0 Å². The van der Waals surface area contributed by atoms with Gasteiger partial charge >= 0.3 is 0 Å². The lowest BCUT2D eigenvalue weighted by Crippen LogP contribution is -2.11. The Morgan fingerprint density at radius 3 is 2.35 bits per heavy atom. The van der Waals surface area contributed by atoms with Crippen molar-refractivity contribution in [3.8, 4) is 0 Å². The topological polar surface area (TPSA) is 17.0 Å². The Bertz CT molecular complexity index is 460. The molecule has 0 bridgehead atoms. The molecule has 2 rings (SSSR count). The minimum Gasteiger partial charge on any atom is -0.351 e. The number of hydrogen-bond donors (Lipinski definition) is 1. The third kappa shape index (κ3) is 4.29. The van der Waals surface area contributed by atoms with E-state index >= 15 is 0 Å². The van der Waals surface area contributed by atoms with Crippen LogP contribution < -0.4 is 5.32 Å². The van der Waals surface area contributed by atoms with Crippen molar-refractivity contribution < 1.29 is 0 Å². The van der Waals surface area contributed by atoms with E-state index in [1.165, 1.54) is 10.9 Å². The van der Waals surface area contributed by atoms with Crippen LogP contribution in [0.5, 0.6) is 0 Å². The van der Waals surface area contributed by atoms with Gasteiger partial charge in [0.25, 0.3) is 0 Å². The first-order valence-corrected chi connectivity index (χ1v) is 5.72. The normalized spacial score (nSPS) is 9.47. The maximum absolute atomic E-state index is 3.54. The van der Waals surface area contributed by atoms with E-state index in [1.54, 1.807) is 0 Å². The van der Waals surface area contributed by atoms with Crippen molar-refractivity contribution in [1.82, 2.24) is 9.88 Å². The average molecular weight is 228 g/mol. The van der Waals surface area contributed by atoms with Crippen LogP contribution in [0.2, 0.25) is 0 Å². The van der Waals surface area contributed by atoms with Crippen molar-refractivity contribution in [2.45, 2.75) is 0 Å². The Morgan fingerprint density at radius 2 is 1.76 bits per heavy atom. The van der Waals surface area contributed by atoms with E-state index in [9.17, 15) is 0 Å². The summed E-state index contributed by atoms with van der Waals surface area (Å²) in [6, 6.07) is 10.5. The minimum absolute atomic E-state index is 0.867. The standard InChI is InChI=1S/C9H9N.C6H11N/c1-10-7-6-8-4-2-3-5-9(8)10;1-3-5-7-6-4-2/h2-7H,1H3;3-4,7H,1-2,5-6H2. The number of fused-ring (bicyclic) bond motifs is 1. The number of rotatable bonds is 4. The molecule has 0 atom stereocenters. The molecule has 2 heteroatoms. The molecule has 2 aromatic rings. The van der Waals surface area contributed by atoms with E-state index in [0.717, 1.165) is 13.1 Å². The lowest BCUT2D eigenvalue weighted by atomic mass is 10.2. The van der Waals surface area contributed by atoms with Crippen LogP contribution in [0.4, 0.5) is 0 Å². The summed E-state index contributed by atoms with van der Waals surface area (Å²) < 4.78 is 2.12. The molecule has 0 amide bonds. The second kappa shape index (κ2) is 7.47. The number of aromatic nitrogens is 1. The van der Waals surface area contributed by atoms with Gasteiger partial charge < -0.3 is 9.88 Å². The zero-order valence-corrected chi connectivity index (χ0v) is 10.4. The first kappa shape index (κ1) is 13.3. The Labute approximate surface area is 103 Å². The highest BCUT2D eigenvalue weighted by Gasteiger charge is 1.92. The molecule has 0 radical (unpaired) electrons. The van der Waals surface area contributed by atoms with Crippen molar-refractivity contribution in [2.24, 2.45) is 7.05 Å². The zero-order chi connectivity index (χ0) is 12.5. The molecule has 1 aromatic heterocycles. The maximum Gasteiger partial charge on any atom is 0.0477 e. The summed E-state index contributed by atoms with van der Waals surface area (Å²) in [6.07, 6.45) is 5.72. The molecule has 0 unspecified atom stereocenters. The molecule has 2 nitrogen and oxygen atoms in total. The number of aryl methyl sites for hydroxylation is 1. The number of nitrogens with one attached hydrogen (secondary N) is 1. The first-order valence-electron chi connectivity index (χ1n) is 5.72. The Kier molecular flexibility index (Phi) is 5.83. The van der Waals surface area contributed by atoms with Crippen LogP contribution in [0, 0.1) is 0 Å². The SMILES string of the molecule is C=CCNCC=C.Cn1ccc2ccccc21. The van der Waals surface area contributed by atoms with Gasteiger partial charge in [-0.1, -0.05) is 30.4 Å². The lowest BCUT2D eigenvalue weighted by molar-refractivity contribution is 0.845. The van der Waals surface area contributed by atoms with Crippen molar-refractivity contribution in [1.29, 1.82) is 0 Å². The van der Waals surface area contributed by atoms with Gasteiger partial charge in [-0.25, -0.2) is 0 Å². The van der Waals surface area contributed by atoms with E-state index in [4.69, 9.17) is 0 Å². The van der Waals surface area contributed by atoms with Crippen molar-refractivity contribution in [3.05, 3.63) is 61.8 Å². The van der Waals surface area contributed by atoms with Crippen LogP contribution in [0.1, 0.15) is 0 Å². The summed E-state index contributed by atoms with van der Waals surface area (Å²) in [7, 11) is 2.06. The molecule has 1 N–H and O–H groups in total. The second-order valence-electron chi connectivity index (χ2n) is 3.72. The van der Waals surface area contributed by atoms with Crippen LogP contribution in [0.25, 0.3) is 10.9 Å². The molecule has 1 heterocycles.